The molecule has 0 atom stereocenters. The van der Waals surface area contributed by atoms with Crippen LogP contribution in [0.3, 0.4) is 0 Å². The van der Waals surface area contributed by atoms with Crippen molar-refractivity contribution in [2.24, 2.45) is 4.99 Å². The van der Waals surface area contributed by atoms with Crippen LogP contribution in [0.1, 0.15) is 29.8 Å². The number of carbonyl (C=O) groups is 1. The average Bonchev–Trinajstić information content (AvgIpc) is 2.98. The van der Waals surface area contributed by atoms with Gasteiger partial charge in [0, 0.05) is 5.56 Å². The van der Waals surface area contributed by atoms with Gasteiger partial charge in [-0.05, 0) is 56.7 Å². The fourth-order valence-corrected chi connectivity index (χ4v) is 4.97. The van der Waals surface area contributed by atoms with E-state index in [0.717, 1.165) is 15.8 Å². The molecular formula is C21H20N2O3S2. The molecule has 3 aromatic rings. The van der Waals surface area contributed by atoms with Gasteiger partial charge in [-0.2, -0.15) is 4.99 Å². The van der Waals surface area contributed by atoms with Gasteiger partial charge in [-0.25, -0.2) is 8.42 Å². The number of benzene rings is 2. The van der Waals surface area contributed by atoms with E-state index in [9.17, 15) is 13.2 Å². The van der Waals surface area contributed by atoms with E-state index in [1.807, 2.05) is 29.7 Å². The van der Waals surface area contributed by atoms with Crippen molar-refractivity contribution in [2.45, 2.75) is 37.5 Å². The van der Waals surface area contributed by atoms with Crippen molar-refractivity contribution >= 4 is 37.3 Å². The van der Waals surface area contributed by atoms with Crippen LogP contribution in [0.15, 0.2) is 52.4 Å². The molecule has 1 heterocycles. The Morgan fingerprint density at radius 2 is 2.00 bits per heavy atom. The number of carbonyl (C=O) groups excluding carboxylic acids is 1. The van der Waals surface area contributed by atoms with Gasteiger partial charge in [0.05, 0.1) is 26.9 Å². The van der Waals surface area contributed by atoms with Crippen LogP contribution in [0.5, 0.6) is 0 Å². The molecule has 1 amide bonds. The molecule has 2 aromatic carbocycles. The van der Waals surface area contributed by atoms with Crippen LogP contribution in [-0.2, 0) is 16.4 Å². The van der Waals surface area contributed by atoms with Crippen LogP contribution in [0, 0.1) is 19.3 Å². The number of terminal acetylenes is 1. The second-order valence-electron chi connectivity index (χ2n) is 6.68. The lowest BCUT2D eigenvalue weighted by Crippen LogP contribution is -2.17. The number of amides is 1. The summed E-state index contributed by atoms with van der Waals surface area (Å²) < 4.78 is 27.6. The number of rotatable bonds is 4. The number of sulfone groups is 1. The second kappa shape index (κ2) is 7.74. The standard InChI is InChI=1S/C21H20N2O3S2/c1-5-11-23-18-10-9-15(4)12-19(18)27-21(23)22-20(24)16-7-6-8-17(13-16)28(25,26)14(2)3/h1,6-10,12-14H,11H2,2-4H3. The highest BCUT2D eigenvalue weighted by Gasteiger charge is 2.20. The number of nitrogens with zero attached hydrogens (tertiary/aromatic N) is 2. The zero-order chi connectivity index (χ0) is 20.5. The summed E-state index contributed by atoms with van der Waals surface area (Å²) in [6.45, 7) is 5.50. The first-order valence-corrected chi connectivity index (χ1v) is 11.1. The zero-order valence-corrected chi connectivity index (χ0v) is 17.5. The number of fused-ring (bicyclic) bond motifs is 1. The third kappa shape index (κ3) is 3.79. The minimum Gasteiger partial charge on any atom is -0.305 e. The lowest BCUT2D eigenvalue weighted by molar-refractivity contribution is 0.0997. The Bertz CT molecular complexity index is 1270. The van der Waals surface area contributed by atoms with Crippen LogP contribution in [-0.4, -0.2) is 24.1 Å². The molecule has 0 radical (unpaired) electrons. The molecule has 0 saturated heterocycles. The quantitative estimate of drug-likeness (QED) is 0.615. The number of aromatic nitrogens is 1. The van der Waals surface area contributed by atoms with Gasteiger partial charge in [-0.15, -0.1) is 6.42 Å². The minimum atomic E-state index is -3.47. The van der Waals surface area contributed by atoms with E-state index < -0.39 is 21.0 Å². The van der Waals surface area contributed by atoms with Gasteiger partial charge in [-0.1, -0.05) is 29.4 Å². The van der Waals surface area contributed by atoms with E-state index >= 15 is 0 Å². The predicted molar refractivity (Wildman–Crippen MR) is 112 cm³/mol. The summed E-state index contributed by atoms with van der Waals surface area (Å²) in [5, 5.41) is -0.571. The van der Waals surface area contributed by atoms with Crippen molar-refractivity contribution < 1.29 is 13.2 Å². The molecule has 0 saturated carbocycles. The Labute approximate surface area is 168 Å². The van der Waals surface area contributed by atoms with Gasteiger partial charge in [0.15, 0.2) is 14.6 Å². The van der Waals surface area contributed by atoms with E-state index in [0.29, 0.717) is 4.80 Å². The zero-order valence-electron chi connectivity index (χ0n) is 15.8. The molecule has 7 heteroatoms. The Morgan fingerprint density at radius 3 is 2.68 bits per heavy atom. The lowest BCUT2D eigenvalue weighted by atomic mass is 10.2. The second-order valence-corrected chi connectivity index (χ2v) is 10.2. The molecule has 1 aromatic heterocycles. The molecule has 28 heavy (non-hydrogen) atoms. The van der Waals surface area contributed by atoms with Crippen molar-refractivity contribution in [2.75, 3.05) is 0 Å². The van der Waals surface area contributed by atoms with Gasteiger partial charge < -0.3 is 4.57 Å². The van der Waals surface area contributed by atoms with E-state index in [4.69, 9.17) is 6.42 Å². The highest BCUT2D eigenvalue weighted by Crippen LogP contribution is 2.20. The Hall–Kier alpha value is -2.69. The summed E-state index contributed by atoms with van der Waals surface area (Å²) in [6, 6.07) is 11.9. The maximum Gasteiger partial charge on any atom is 0.279 e. The van der Waals surface area contributed by atoms with Crippen LogP contribution < -0.4 is 4.80 Å². The van der Waals surface area contributed by atoms with E-state index in [1.165, 1.54) is 23.5 Å². The molecule has 0 N–H and O–H groups in total. The summed E-state index contributed by atoms with van der Waals surface area (Å²) in [4.78, 5) is 17.6. The third-order valence-electron chi connectivity index (χ3n) is 4.31. The van der Waals surface area contributed by atoms with E-state index in [2.05, 4.69) is 10.9 Å². The van der Waals surface area contributed by atoms with Crippen molar-refractivity contribution in [3.63, 3.8) is 0 Å². The van der Waals surface area contributed by atoms with Crippen molar-refractivity contribution in [3.05, 3.63) is 58.4 Å². The van der Waals surface area contributed by atoms with Crippen LogP contribution in [0.2, 0.25) is 0 Å². The Kier molecular flexibility index (Phi) is 5.54. The molecule has 5 nitrogen and oxygen atoms in total. The molecule has 0 fully saturated rings. The maximum atomic E-state index is 12.7. The number of thiazole rings is 1. The topological polar surface area (TPSA) is 68.5 Å². The highest BCUT2D eigenvalue weighted by molar-refractivity contribution is 7.92. The Morgan fingerprint density at radius 1 is 1.25 bits per heavy atom. The lowest BCUT2D eigenvalue weighted by Gasteiger charge is -2.08. The van der Waals surface area contributed by atoms with Gasteiger partial charge >= 0.3 is 0 Å². The van der Waals surface area contributed by atoms with Gasteiger partial charge in [0.1, 0.15) is 0 Å². The molecule has 0 bridgehead atoms. The first-order valence-electron chi connectivity index (χ1n) is 8.70. The summed E-state index contributed by atoms with van der Waals surface area (Å²) in [7, 11) is -3.47. The highest BCUT2D eigenvalue weighted by atomic mass is 32.2. The molecule has 144 valence electrons. The van der Waals surface area contributed by atoms with Crippen molar-refractivity contribution in [3.8, 4) is 12.3 Å². The minimum absolute atomic E-state index is 0.118. The average molecular weight is 413 g/mol. The maximum absolute atomic E-state index is 12.7. The first kappa shape index (κ1) is 20.1. The molecule has 0 spiro atoms. The normalized spacial score (nSPS) is 12.5. The predicted octanol–water partition coefficient (Wildman–Crippen LogP) is 3.57. The van der Waals surface area contributed by atoms with Crippen LogP contribution >= 0.6 is 11.3 Å². The fraction of sp³-hybridized carbons (Fsp3) is 0.238. The molecule has 0 aliphatic rings. The smallest absolute Gasteiger partial charge is 0.279 e. The van der Waals surface area contributed by atoms with Crippen molar-refractivity contribution in [1.29, 1.82) is 0 Å². The third-order valence-corrected chi connectivity index (χ3v) is 7.51. The van der Waals surface area contributed by atoms with Crippen molar-refractivity contribution in [1.82, 2.24) is 4.57 Å². The number of hydrogen-bond donors (Lipinski definition) is 0. The first-order chi connectivity index (χ1) is 13.2. The largest absolute Gasteiger partial charge is 0.305 e. The molecular weight excluding hydrogens is 392 g/mol. The number of hydrogen-bond acceptors (Lipinski definition) is 4. The monoisotopic (exact) mass is 412 g/mol. The van der Waals surface area contributed by atoms with Crippen LogP contribution in [0.25, 0.3) is 10.2 Å². The van der Waals surface area contributed by atoms with Gasteiger partial charge in [-0.3, -0.25) is 4.79 Å². The number of aryl methyl sites for hydroxylation is 1. The van der Waals surface area contributed by atoms with Crippen LogP contribution in [0.4, 0.5) is 0 Å². The summed E-state index contributed by atoms with van der Waals surface area (Å²) in [6.07, 6.45) is 5.49. The molecule has 0 aliphatic carbocycles. The summed E-state index contributed by atoms with van der Waals surface area (Å²) in [5.41, 5.74) is 2.24. The van der Waals surface area contributed by atoms with Gasteiger partial charge in [0.2, 0.25) is 0 Å². The van der Waals surface area contributed by atoms with E-state index in [-0.39, 0.29) is 17.0 Å². The fourth-order valence-electron chi connectivity index (χ4n) is 2.74. The van der Waals surface area contributed by atoms with Gasteiger partial charge in [0.25, 0.3) is 5.91 Å². The van der Waals surface area contributed by atoms with E-state index in [1.54, 1.807) is 26.0 Å². The Balaban J connectivity index is 2.11. The molecule has 3 rings (SSSR count). The molecule has 0 aliphatic heterocycles. The molecule has 0 unspecified atom stereocenters. The SMILES string of the molecule is C#CCn1c(=NC(=O)c2cccc(S(=O)(=O)C(C)C)c2)sc2cc(C)ccc21. The summed E-state index contributed by atoms with van der Waals surface area (Å²) >= 11 is 1.38. The summed E-state index contributed by atoms with van der Waals surface area (Å²) in [5.74, 6) is 2.09.